The molecule has 2 heterocycles. The van der Waals surface area contributed by atoms with Crippen molar-refractivity contribution in [1.82, 2.24) is 14.9 Å². The van der Waals surface area contributed by atoms with Crippen LogP contribution >= 0.6 is 0 Å². The van der Waals surface area contributed by atoms with Crippen molar-refractivity contribution < 1.29 is 19.1 Å². The van der Waals surface area contributed by atoms with E-state index in [4.69, 9.17) is 9.47 Å². The molecule has 1 saturated heterocycles. The maximum atomic E-state index is 12.4. The van der Waals surface area contributed by atoms with Crippen LogP contribution in [0.2, 0.25) is 0 Å². The lowest BCUT2D eigenvalue weighted by Gasteiger charge is -2.41. The number of piperazine rings is 1. The first kappa shape index (κ1) is 20.4. The van der Waals surface area contributed by atoms with E-state index in [1.165, 1.54) is 13.3 Å². The van der Waals surface area contributed by atoms with Crippen LogP contribution in [0.25, 0.3) is 0 Å². The van der Waals surface area contributed by atoms with Gasteiger partial charge in [0.2, 0.25) is 0 Å². The number of nitrogens with zero attached hydrogens (tertiary/aromatic N) is 4. The smallest absolute Gasteiger partial charge is 0.410 e. The molecule has 28 heavy (non-hydrogen) atoms. The highest BCUT2D eigenvalue weighted by Gasteiger charge is 2.38. The zero-order valence-corrected chi connectivity index (χ0v) is 17.6. The minimum atomic E-state index is -0.508. The average Bonchev–Trinajstić information content (AvgIpc) is 2.89. The number of hydrogen-bond acceptors (Lipinski definition) is 7. The summed E-state index contributed by atoms with van der Waals surface area (Å²) in [5.74, 6) is 0.777. The molecule has 0 aromatic carbocycles. The molecule has 1 aliphatic heterocycles. The second-order valence-corrected chi connectivity index (χ2v) is 8.70. The lowest BCUT2D eigenvalue weighted by Crippen LogP contribution is -2.55. The predicted octanol–water partition coefficient (Wildman–Crippen LogP) is 3.03. The van der Waals surface area contributed by atoms with Gasteiger partial charge >= 0.3 is 12.1 Å². The van der Waals surface area contributed by atoms with Crippen LogP contribution in [0.15, 0.2) is 6.33 Å². The van der Waals surface area contributed by atoms with Crippen LogP contribution < -0.4 is 4.90 Å². The van der Waals surface area contributed by atoms with E-state index in [-0.39, 0.29) is 30.1 Å². The average molecular weight is 390 g/mol. The van der Waals surface area contributed by atoms with Crippen molar-refractivity contribution in [2.75, 3.05) is 24.5 Å². The van der Waals surface area contributed by atoms with Gasteiger partial charge in [-0.25, -0.2) is 14.8 Å². The number of ether oxygens (including phenoxy) is 2. The Hall–Kier alpha value is -2.38. The highest BCUT2D eigenvalue weighted by atomic mass is 16.6. The first-order valence-electron chi connectivity index (χ1n) is 9.83. The molecule has 0 unspecified atom stereocenters. The van der Waals surface area contributed by atoms with Crippen molar-refractivity contribution in [1.29, 1.82) is 0 Å². The van der Waals surface area contributed by atoms with E-state index in [0.29, 0.717) is 26.1 Å². The summed E-state index contributed by atoms with van der Waals surface area (Å²) in [6.07, 6.45) is 1.65. The first-order chi connectivity index (χ1) is 13.1. The van der Waals surface area contributed by atoms with Gasteiger partial charge in [-0.2, -0.15) is 0 Å². The fourth-order valence-electron chi connectivity index (χ4n) is 3.98. The summed E-state index contributed by atoms with van der Waals surface area (Å²) < 4.78 is 11.0. The molecule has 0 radical (unpaired) electrons. The van der Waals surface area contributed by atoms with Gasteiger partial charge in [0.15, 0.2) is 0 Å². The third-order valence-electron chi connectivity index (χ3n) is 5.12. The maximum Gasteiger partial charge on any atom is 0.410 e. The molecule has 1 fully saturated rings. The Morgan fingerprint density at radius 1 is 1.18 bits per heavy atom. The summed E-state index contributed by atoms with van der Waals surface area (Å²) in [6.45, 7) is 13.0. The Morgan fingerprint density at radius 3 is 2.50 bits per heavy atom. The van der Waals surface area contributed by atoms with Crippen molar-refractivity contribution in [3.63, 3.8) is 0 Å². The van der Waals surface area contributed by atoms with Crippen LogP contribution in [-0.4, -0.2) is 58.2 Å². The normalized spacial score (nSPS) is 24.7. The minimum absolute atomic E-state index is 0.0836. The standard InChI is InChI=1S/C20H30N4O4/c1-12-9-15(27-14(3)25)17-16(12)18(22-11-21-17)24-8-7-23(10-13(24)2)19(26)28-20(4,5)6/h11-13,15H,7-10H2,1-6H3/t12-,13+,15-/m1/s1. The van der Waals surface area contributed by atoms with E-state index in [1.807, 2.05) is 20.8 Å². The fraction of sp³-hybridized carbons (Fsp3) is 0.700. The summed E-state index contributed by atoms with van der Waals surface area (Å²) >= 11 is 0. The lowest BCUT2D eigenvalue weighted by atomic mass is 10.0. The van der Waals surface area contributed by atoms with Crippen LogP contribution in [-0.2, 0) is 14.3 Å². The van der Waals surface area contributed by atoms with E-state index in [0.717, 1.165) is 17.1 Å². The molecule has 3 rings (SSSR count). The third kappa shape index (κ3) is 4.20. The van der Waals surface area contributed by atoms with Gasteiger partial charge in [0.05, 0.1) is 5.69 Å². The Balaban J connectivity index is 1.78. The molecule has 8 nitrogen and oxygen atoms in total. The van der Waals surface area contributed by atoms with Gasteiger partial charge in [-0.3, -0.25) is 4.79 Å². The molecule has 3 atom stereocenters. The van der Waals surface area contributed by atoms with Crippen molar-refractivity contribution >= 4 is 17.9 Å². The molecule has 1 aliphatic carbocycles. The van der Waals surface area contributed by atoms with E-state index >= 15 is 0 Å². The van der Waals surface area contributed by atoms with Crippen molar-refractivity contribution in [3.05, 3.63) is 17.6 Å². The summed E-state index contributed by atoms with van der Waals surface area (Å²) in [7, 11) is 0. The molecule has 0 spiro atoms. The second-order valence-electron chi connectivity index (χ2n) is 8.70. The van der Waals surface area contributed by atoms with E-state index < -0.39 is 5.60 Å². The molecule has 1 amide bonds. The Morgan fingerprint density at radius 2 is 1.89 bits per heavy atom. The number of hydrogen-bond donors (Lipinski definition) is 0. The molecule has 2 aliphatic rings. The van der Waals surface area contributed by atoms with Gasteiger partial charge in [-0.1, -0.05) is 6.92 Å². The number of rotatable bonds is 2. The van der Waals surface area contributed by atoms with Crippen LogP contribution in [0.4, 0.5) is 10.6 Å². The zero-order chi connectivity index (χ0) is 20.6. The Kier molecular flexibility index (Phi) is 5.50. The molecule has 154 valence electrons. The van der Waals surface area contributed by atoms with E-state index in [1.54, 1.807) is 4.90 Å². The first-order valence-corrected chi connectivity index (χ1v) is 9.83. The van der Waals surface area contributed by atoms with E-state index in [2.05, 4.69) is 28.7 Å². The molecular weight excluding hydrogens is 360 g/mol. The Bertz CT molecular complexity index is 761. The number of esters is 1. The number of aromatic nitrogens is 2. The van der Waals surface area contributed by atoms with Crippen molar-refractivity contribution in [2.45, 2.75) is 71.6 Å². The van der Waals surface area contributed by atoms with Crippen LogP contribution in [0.3, 0.4) is 0 Å². The Labute approximate surface area is 166 Å². The van der Waals surface area contributed by atoms with E-state index in [9.17, 15) is 9.59 Å². The zero-order valence-electron chi connectivity index (χ0n) is 17.6. The SMILES string of the molecule is CC(=O)O[C@@H]1C[C@@H](C)c2c1ncnc2N1CCN(C(=O)OC(C)(C)C)C[C@@H]1C. The number of carbonyl (C=O) groups is 2. The molecule has 0 bridgehead atoms. The number of fused-ring (bicyclic) bond motifs is 1. The number of carbonyl (C=O) groups excluding carboxylic acids is 2. The lowest BCUT2D eigenvalue weighted by molar-refractivity contribution is -0.146. The fourth-order valence-corrected chi connectivity index (χ4v) is 3.98. The second kappa shape index (κ2) is 7.56. The molecular formula is C20H30N4O4. The van der Waals surface area contributed by atoms with Crippen LogP contribution in [0.5, 0.6) is 0 Å². The third-order valence-corrected chi connectivity index (χ3v) is 5.12. The summed E-state index contributed by atoms with van der Waals surface area (Å²) in [5.41, 5.74) is 1.34. The molecule has 1 aromatic heterocycles. The van der Waals surface area contributed by atoms with Crippen molar-refractivity contribution in [3.8, 4) is 0 Å². The number of amides is 1. The molecule has 1 aromatic rings. The van der Waals surface area contributed by atoms with Crippen LogP contribution in [0, 0.1) is 0 Å². The van der Waals surface area contributed by atoms with Crippen molar-refractivity contribution in [2.24, 2.45) is 0 Å². The molecule has 0 N–H and O–H groups in total. The minimum Gasteiger partial charge on any atom is -0.456 e. The van der Waals surface area contributed by atoms with Crippen LogP contribution in [0.1, 0.15) is 71.2 Å². The van der Waals surface area contributed by atoms with Gasteiger partial charge in [-0.05, 0) is 40.0 Å². The maximum absolute atomic E-state index is 12.4. The largest absolute Gasteiger partial charge is 0.456 e. The van der Waals surface area contributed by atoms with Gasteiger partial charge in [0.1, 0.15) is 23.9 Å². The van der Waals surface area contributed by atoms with Gasteiger partial charge in [-0.15, -0.1) is 0 Å². The highest BCUT2D eigenvalue weighted by Crippen LogP contribution is 2.45. The summed E-state index contributed by atoms with van der Waals surface area (Å²) in [4.78, 5) is 36.8. The molecule has 0 saturated carbocycles. The number of anilines is 1. The van der Waals surface area contributed by atoms with Gasteiger partial charge in [0.25, 0.3) is 0 Å². The highest BCUT2D eigenvalue weighted by molar-refractivity contribution is 5.69. The molecule has 8 heteroatoms. The van der Waals surface area contributed by atoms with Gasteiger partial charge in [0, 0.05) is 38.2 Å². The summed E-state index contributed by atoms with van der Waals surface area (Å²) in [5, 5.41) is 0. The predicted molar refractivity (Wildman–Crippen MR) is 104 cm³/mol. The monoisotopic (exact) mass is 390 g/mol. The van der Waals surface area contributed by atoms with Gasteiger partial charge < -0.3 is 19.3 Å². The summed E-state index contributed by atoms with van der Waals surface area (Å²) in [6, 6.07) is 0.0836. The topological polar surface area (TPSA) is 84.9 Å². The quantitative estimate of drug-likeness (QED) is 0.718.